The molecule has 1 aliphatic rings. The molecule has 0 aliphatic carbocycles. The number of hydrogen-bond acceptors (Lipinski definition) is 5. The molecule has 1 aromatic rings. The lowest BCUT2D eigenvalue weighted by Gasteiger charge is -2.32. The van der Waals surface area contributed by atoms with E-state index in [9.17, 15) is 18.0 Å². The van der Waals surface area contributed by atoms with E-state index >= 15 is 0 Å². The van der Waals surface area contributed by atoms with Crippen molar-refractivity contribution < 1.29 is 23.1 Å². The van der Waals surface area contributed by atoms with Crippen LogP contribution in [0.25, 0.3) is 0 Å². The van der Waals surface area contributed by atoms with E-state index in [1.807, 2.05) is 0 Å². The average molecular weight is 269 g/mol. The van der Waals surface area contributed by atoms with Crippen molar-refractivity contribution in [2.45, 2.75) is 24.3 Å². The molecule has 0 aromatic heterocycles. The Bertz CT molecular complexity index is 660. The van der Waals surface area contributed by atoms with E-state index in [0.29, 0.717) is 0 Å². The van der Waals surface area contributed by atoms with Crippen LogP contribution in [-0.2, 0) is 14.6 Å². The number of aromatic carboxylic acids is 1. The predicted molar refractivity (Wildman–Crippen MR) is 63.3 cm³/mol. The van der Waals surface area contributed by atoms with E-state index in [0.717, 1.165) is 0 Å². The largest absolute Gasteiger partial charge is 0.478 e. The molecule has 6 nitrogen and oxygen atoms in total. The van der Waals surface area contributed by atoms with Gasteiger partial charge in [-0.1, -0.05) is 6.07 Å². The second-order valence-electron chi connectivity index (χ2n) is 4.52. The van der Waals surface area contributed by atoms with Gasteiger partial charge in [0.2, 0.25) is 9.84 Å². The Hall–Kier alpha value is -1.89. The fourth-order valence-corrected chi connectivity index (χ4v) is 3.47. The number of carbonyl (C=O) groups excluding carboxylic acids is 1. The number of carbonyl (C=O) groups is 2. The number of carboxylic acids is 1. The van der Waals surface area contributed by atoms with Crippen LogP contribution in [0.3, 0.4) is 0 Å². The van der Waals surface area contributed by atoms with Crippen LogP contribution in [0.2, 0.25) is 0 Å². The van der Waals surface area contributed by atoms with Crippen LogP contribution in [0.1, 0.15) is 24.2 Å². The van der Waals surface area contributed by atoms with Crippen LogP contribution in [-0.4, -0.2) is 30.1 Å². The molecule has 0 spiro atoms. The van der Waals surface area contributed by atoms with Crippen LogP contribution in [0.15, 0.2) is 23.1 Å². The molecule has 1 aliphatic heterocycles. The van der Waals surface area contributed by atoms with Gasteiger partial charge in [0.15, 0.2) is 0 Å². The first-order valence-corrected chi connectivity index (χ1v) is 6.60. The summed E-state index contributed by atoms with van der Waals surface area (Å²) >= 11 is 0. The Morgan fingerprint density at radius 3 is 2.50 bits per heavy atom. The number of fused-ring (bicyclic) bond motifs is 1. The van der Waals surface area contributed by atoms with Gasteiger partial charge in [0, 0.05) is 0 Å². The summed E-state index contributed by atoms with van der Waals surface area (Å²) in [4.78, 5) is 22.6. The third kappa shape index (κ3) is 1.59. The number of anilines is 1. The van der Waals surface area contributed by atoms with Gasteiger partial charge in [0.25, 0.3) is 5.12 Å². The highest BCUT2D eigenvalue weighted by Crippen LogP contribution is 2.36. The fraction of sp³-hybridized carbons (Fsp3) is 0.273. The number of carboxylic acid groups (broad SMARTS) is 1. The van der Waals surface area contributed by atoms with Crippen molar-refractivity contribution in [3.05, 3.63) is 23.8 Å². The summed E-state index contributed by atoms with van der Waals surface area (Å²) < 4.78 is 24.0. The highest BCUT2D eigenvalue weighted by atomic mass is 32.2. The van der Waals surface area contributed by atoms with E-state index in [1.165, 1.54) is 32.0 Å². The lowest BCUT2D eigenvalue weighted by atomic mass is 10.0. The standard InChI is InChI=1S/C11H11NO5S/c1-11(2)10(15)18(16,17)7-5-3-4-6(9(13)14)8(7)12-11/h3-5,12H,1-2H3,(H,13,14). The van der Waals surface area contributed by atoms with Crippen LogP contribution in [0, 0.1) is 0 Å². The molecule has 0 atom stereocenters. The molecule has 2 N–H and O–H groups in total. The van der Waals surface area contributed by atoms with Gasteiger partial charge >= 0.3 is 5.97 Å². The summed E-state index contributed by atoms with van der Waals surface area (Å²) in [5.41, 5.74) is -1.55. The highest BCUT2D eigenvalue weighted by molar-refractivity contribution is 8.06. The second-order valence-corrected chi connectivity index (χ2v) is 6.34. The van der Waals surface area contributed by atoms with Crippen molar-refractivity contribution in [2.75, 3.05) is 5.32 Å². The van der Waals surface area contributed by atoms with Crippen LogP contribution in [0.5, 0.6) is 0 Å². The first kappa shape index (κ1) is 12.6. The van der Waals surface area contributed by atoms with Crippen molar-refractivity contribution in [1.29, 1.82) is 0 Å². The molecule has 0 saturated carbocycles. The van der Waals surface area contributed by atoms with Crippen LogP contribution >= 0.6 is 0 Å². The van der Waals surface area contributed by atoms with Gasteiger partial charge in [-0.15, -0.1) is 0 Å². The molecule has 0 saturated heterocycles. The topological polar surface area (TPSA) is 101 Å². The molecular formula is C11H11NO5S. The molecule has 2 rings (SSSR count). The van der Waals surface area contributed by atoms with Gasteiger partial charge in [-0.25, -0.2) is 13.2 Å². The molecule has 18 heavy (non-hydrogen) atoms. The minimum atomic E-state index is -4.15. The van der Waals surface area contributed by atoms with Gasteiger partial charge < -0.3 is 10.4 Å². The van der Waals surface area contributed by atoms with Gasteiger partial charge in [-0.05, 0) is 26.0 Å². The molecule has 0 fully saturated rings. The van der Waals surface area contributed by atoms with Crippen LogP contribution < -0.4 is 5.32 Å². The lowest BCUT2D eigenvalue weighted by molar-refractivity contribution is -0.114. The maximum Gasteiger partial charge on any atom is 0.337 e. The summed E-state index contributed by atoms with van der Waals surface area (Å²) in [6.45, 7) is 2.79. The summed E-state index contributed by atoms with van der Waals surface area (Å²) in [5.74, 6) is -1.25. The molecule has 7 heteroatoms. The number of rotatable bonds is 1. The Morgan fingerprint density at radius 1 is 1.33 bits per heavy atom. The van der Waals surface area contributed by atoms with Gasteiger partial charge in [-0.3, -0.25) is 4.79 Å². The third-order valence-electron chi connectivity index (χ3n) is 2.74. The van der Waals surface area contributed by atoms with E-state index in [4.69, 9.17) is 5.11 Å². The molecule has 0 radical (unpaired) electrons. The quantitative estimate of drug-likeness (QED) is 0.785. The molecule has 1 aromatic carbocycles. The number of hydrogen-bond donors (Lipinski definition) is 2. The van der Waals surface area contributed by atoms with E-state index in [1.54, 1.807) is 0 Å². The Morgan fingerprint density at radius 2 is 1.94 bits per heavy atom. The fourth-order valence-electron chi connectivity index (χ4n) is 1.86. The maximum atomic E-state index is 12.0. The highest BCUT2D eigenvalue weighted by Gasteiger charge is 2.45. The summed E-state index contributed by atoms with van der Waals surface area (Å²) in [6, 6.07) is 3.81. The van der Waals surface area contributed by atoms with Gasteiger partial charge in [0.05, 0.1) is 16.1 Å². The molecule has 0 amide bonds. The normalized spacial score (nSPS) is 19.8. The molecule has 96 valence electrons. The first-order valence-electron chi connectivity index (χ1n) is 5.12. The zero-order valence-electron chi connectivity index (χ0n) is 9.72. The summed E-state index contributed by atoms with van der Waals surface area (Å²) in [7, 11) is -4.15. The molecular weight excluding hydrogens is 258 g/mol. The minimum absolute atomic E-state index is 0.0328. The Labute approximate surface area is 104 Å². The van der Waals surface area contributed by atoms with E-state index in [-0.39, 0.29) is 16.1 Å². The maximum absolute atomic E-state index is 12.0. The second kappa shape index (κ2) is 3.55. The smallest absolute Gasteiger partial charge is 0.337 e. The minimum Gasteiger partial charge on any atom is -0.478 e. The van der Waals surface area contributed by atoms with Crippen molar-refractivity contribution in [1.82, 2.24) is 0 Å². The lowest BCUT2D eigenvalue weighted by Crippen LogP contribution is -2.48. The van der Waals surface area contributed by atoms with Crippen molar-refractivity contribution in [3.8, 4) is 0 Å². The zero-order chi connectivity index (χ0) is 13.7. The zero-order valence-corrected chi connectivity index (χ0v) is 10.5. The predicted octanol–water partition coefficient (Wildman–Crippen LogP) is 0.889. The van der Waals surface area contributed by atoms with Gasteiger partial charge in [0.1, 0.15) is 5.54 Å². The summed E-state index contributed by atoms with van der Waals surface area (Å²) in [6.07, 6.45) is 0. The number of para-hydroxylation sites is 1. The van der Waals surface area contributed by atoms with Crippen molar-refractivity contribution >= 4 is 26.6 Å². The first-order chi connectivity index (χ1) is 8.18. The molecule has 0 bridgehead atoms. The number of nitrogens with one attached hydrogen (secondary N) is 1. The van der Waals surface area contributed by atoms with Crippen LogP contribution in [0.4, 0.5) is 5.69 Å². The number of benzene rings is 1. The molecule has 1 heterocycles. The van der Waals surface area contributed by atoms with Crippen molar-refractivity contribution in [2.24, 2.45) is 0 Å². The van der Waals surface area contributed by atoms with Gasteiger partial charge in [-0.2, -0.15) is 0 Å². The third-order valence-corrected chi connectivity index (χ3v) is 4.66. The van der Waals surface area contributed by atoms with E-state index < -0.39 is 26.5 Å². The Balaban J connectivity index is 2.83. The monoisotopic (exact) mass is 269 g/mol. The Kier molecular flexibility index (Phi) is 2.48. The summed E-state index contributed by atoms with van der Waals surface area (Å²) in [5, 5.41) is 10.7. The molecule has 0 unspecified atom stereocenters. The average Bonchev–Trinajstić information content (AvgIpc) is 2.25. The van der Waals surface area contributed by atoms with Crippen molar-refractivity contribution in [3.63, 3.8) is 0 Å². The van der Waals surface area contributed by atoms with E-state index in [2.05, 4.69) is 5.32 Å². The number of sulfone groups is 1. The SMILES string of the molecule is CC1(C)Nc2c(C(=O)O)cccc2S(=O)(=O)C1=O.